The van der Waals surface area contributed by atoms with Gasteiger partial charge >= 0.3 is 0 Å². The molecule has 1 aliphatic heterocycles. The summed E-state index contributed by atoms with van der Waals surface area (Å²) in [6, 6.07) is 8.37. The van der Waals surface area contributed by atoms with E-state index in [1.165, 1.54) is 22.5 Å². The van der Waals surface area contributed by atoms with Crippen LogP contribution in [0.2, 0.25) is 0 Å². The highest BCUT2D eigenvalue weighted by Crippen LogP contribution is 2.27. The zero-order valence-electron chi connectivity index (χ0n) is 14.1. The lowest BCUT2D eigenvalue weighted by Crippen LogP contribution is -2.36. The summed E-state index contributed by atoms with van der Waals surface area (Å²) in [6.45, 7) is 5.89. The molecular weight excluding hydrogens is 336 g/mol. The van der Waals surface area contributed by atoms with Crippen LogP contribution in [0.3, 0.4) is 0 Å². The van der Waals surface area contributed by atoms with E-state index in [9.17, 15) is 4.79 Å². The molecule has 0 spiro atoms. The van der Waals surface area contributed by atoms with E-state index in [4.69, 9.17) is 9.72 Å². The third kappa shape index (κ3) is 3.29. The molecule has 4 rings (SSSR count). The second-order valence-corrected chi connectivity index (χ2v) is 7.15. The van der Waals surface area contributed by atoms with Gasteiger partial charge in [0.1, 0.15) is 11.0 Å². The molecular formula is C18H20N4O2S. The zero-order valence-corrected chi connectivity index (χ0v) is 15.0. The number of nitrogens with zero attached hydrogens (tertiary/aromatic N) is 4. The first-order valence-corrected chi connectivity index (χ1v) is 9.27. The fraction of sp³-hybridized carbons (Fsp3) is 0.389. The maximum atomic E-state index is 12.2. The molecule has 2 aromatic heterocycles. The molecule has 1 saturated heterocycles. The molecule has 0 unspecified atom stereocenters. The Morgan fingerprint density at radius 1 is 1.24 bits per heavy atom. The maximum absolute atomic E-state index is 12.2. The van der Waals surface area contributed by atoms with Gasteiger partial charge in [-0.05, 0) is 24.5 Å². The Hall–Kier alpha value is -2.25. The number of fused-ring (bicyclic) bond motifs is 1. The minimum absolute atomic E-state index is 0.195. The summed E-state index contributed by atoms with van der Waals surface area (Å²) in [7, 11) is 0. The molecule has 1 fully saturated rings. The van der Waals surface area contributed by atoms with E-state index in [0.717, 1.165) is 36.8 Å². The van der Waals surface area contributed by atoms with Crippen molar-refractivity contribution in [2.75, 3.05) is 31.2 Å². The van der Waals surface area contributed by atoms with Gasteiger partial charge in [0, 0.05) is 19.6 Å². The van der Waals surface area contributed by atoms with Crippen molar-refractivity contribution in [3.63, 3.8) is 0 Å². The molecule has 1 aliphatic rings. The summed E-state index contributed by atoms with van der Waals surface area (Å²) in [4.78, 5) is 23.1. The van der Waals surface area contributed by atoms with Gasteiger partial charge in [0.05, 0.1) is 13.2 Å². The van der Waals surface area contributed by atoms with Crippen molar-refractivity contribution in [1.82, 2.24) is 14.5 Å². The molecule has 0 N–H and O–H groups in total. The van der Waals surface area contributed by atoms with Gasteiger partial charge in [-0.15, -0.1) is 0 Å². The van der Waals surface area contributed by atoms with E-state index < -0.39 is 0 Å². The van der Waals surface area contributed by atoms with E-state index in [1.54, 1.807) is 6.33 Å². The highest BCUT2D eigenvalue weighted by molar-refractivity contribution is 7.22. The van der Waals surface area contributed by atoms with Crippen LogP contribution in [-0.4, -0.2) is 40.8 Å². The molecule has 3 heterocycles. The molecule has 0 saturated carbocycles. The maximum Gasteiger partial charge on any atom is 0.292 e. The quantitative estimate of drug-likeness (QED) is 0.717. The number of anilines is 1. The largest absolute Gasteiger partial charge is 0.378 e. The Kier molecular flexibility index (Phi) is 4.50. The number of benzene rings is 1. The van der Waals surface area contributed by atoms with Crippen LogP contribution in [0.25, 0.3) is 10.3 Å². The van der Waals surface area contributed by atoms with E-state index in [2.05, 4.69) is 35.0 Å². The van der Waals surface area contributed by atoms with Crippen molar-refractivity contribution in [3.8, 4) is 0 Å². The minimum Gasteiger partial charge on any atom is -0.378 e. The van der Waals surface area contributed by atoms with Crippen LogP contribution in [-0.2, 0) is 17.7 Å². The molecule has 0 amide bonds. The van der Waals surface area contributed by atoms with Crippen molar-refractivity contribution in [3.05, 3.63) is 52.1 Å². The highest BCUT2D eigenvalue weighted by Gasteiger charge is 2.18. The zero-order chi connectivity index (χ0) is 17.2. The summed E-state index contributed by atoms with van der Waals surface area (Å²) in [5.74, 6) is 0. The van der Waals surface area contributed by atoms with Crippen LogP contribution in [0.4, 0.5) is 5.13 Å². The van der Waals surface area contributed by atoms with Crippen LogP contribution in [0.5, 0.6) is 0 Å². The Bertz CT molecular complexity index is 944. The van der Waals surface area contributed by atoms with Crippen LogP contribution in [0.1, 0.15) is 11.1 Å². The standard InChI is InChI=1S/C18H20N4O2S/c1-13-4-2-3-5-14(13)6-7-22-12-19-17(23)15-16(22)20-18(25-15)21-8-10-24-11-9-21/h2-5,12H,6-11H2,1H3. The van der Waals surface area contributed by atoms with Crippen molar-refractivity contribution < 1.29 is 4.74 Å². The molecule has 6 nitrogen and oxygen atoms in total. The Morgan fingerprint density at radius 3 is 2.84 bits per heavy atom. The number of ether oxygens (including phenoxy) is 1. The van der Waals surface area contributed by atoms with Gasteiger partial charge < -0.3 is 14.2 Å². The lowest BCUT2D eigenvalue weighted by Gasteiger charge is -2.25. The summed E-state index contributed by atoms with van der Waals surface area (Å²) in [6.07, 6.45) is 2.50. The van der Waals surface area contributed by atoms with Gasteiger partial charge in [0.25, 0.3) is 5.56 Å². The van der Waals surface area contributed by atoms with Gasteiger partial charge in [0.2, 0.25) is 0 Å². The normalized spacial score (nSPS) is 15.0. The Balaban J connectivity index is 1.64. The summed E-state index contributed by atoms with van der Waals surface area (Å²) < 4.78 is 8.02. The van der Waals surface area contributed by atoms with Crippen LogP contribution in [0, 0.1) is 6.92 Å². The second-order valence-electron chi connectivity index (χ2n) is 6.17. The van der Waals surface area contributed by atoms with Crippen molar-refractivity contribution in [2.45, 2.75) is 19.9 Å². The predicted molar refractivity (Wildman–Crippen MR) is 99.6 cm³/mol. The third-order valence-electron chi connectivity index (χ3n) is 4.54. The summed E-state index contributed by atoms with van der Waals surface area (Å²) in [5, 5.41) is 0.882. The van der Waals surface area contributed by atoms with Gasteiger partial charge in [-0.25, -0.2) is 4.98 Å². The summed E-state index contributed by atoms with van der Waals surface area (Å²) in [5.41, 5.74) is 3.12. The van der Waals surface area contributed by atoms with E-state index in [-0.39, 0.29) is 5.56 Å². The average molecular weight is 356 g/mol. The number of hydrogen-bond acceptors (Lipinski definition) is 6. The first kappa shape index (κ1) is 16.2. The van der Waals surface area contributed by atoms with Crippen molar-refractivity contribution in [1.29, 1.82) is 0 Å². The molecule has 0 aliphatic carbocycles. The van der Waals surface area contributed by atoms with Crippen LogP contribution >= 0.6 is 11.3 Å². The fourth-order valence-electron chi connectivity index (χ4n) is 3.06. The number of aromatic nitrogens is 3. The Morgan fingerprint density at radius 2 is 2.04 bits per heavy atom. The molecule has 0 radical (unpaired) electrons. The molecule has 25 heavy (non-hydrogen) atoms. The third-order valence-corrected chi connectivity index (χ3v) is 5.64. The molecule has 130 valence electrons. The fourth-order valence-corrected chi connectivity index (χ4v) is 4.08. The molecule has 1 aromatic carbocycles. The van der Waals surface area contributed by atoms with Gasteiger partial charge in [-0.2, -0.15) is 4.98 Å². The smallest absolute Gasteiger partial charge is 0.292 e. The van der Waals surface area contributed by atoms with E-state index in [1.807, 2.05) is 10.6 Å². The number of rotatable bonds is 4. The number of hydrogen-bond donors (Lipinski definition) is 0. The lowest BCUT2D eigenvalue weighted by atomic mass is 10.1. The molecule has 0 atom stereocenters. The second kappa shape index (κ2) is 6.93. The number of morpholine rings is 1. The van der Waals surface area contributed by atoms with Crippen LogP contribution < -0.4 is 10.5 Å². The minimum atomic E-state index is -0.195. The van der Waals surface area contributed by atoms with Gasteiger partial charge in [-0.3, -0.25) is 4.79 Å². The van der Waals surface area contributed by atoms with E-state index in [0.29, 0.717) is 17.9 Å². The molecule has 0 bridgehead atoms. The highest BCUT2D eigenvalue weighted by atomic mass is 32.1. The average Bonchev–Trinajstić information content (AvgIpc) is 3.10. The molecule has 7 heteroatoms. The predicted octanol–water partition coefficient (Wildman–Crippen LogP) is 2.24. The summed E-state index contributed by atoms with van der Waals surface area (Å²) >= 11 is 1.43. The van der Waals surface area contributed by atoms with Crippen LogP contribution in [0.15, 0.2) is 35.4 Å². The first-order chi connectivity index (χ1) is 12.2. The lowest BCUT2D eigenvalue weighted by molar-refractivity contribution is 0.122. The van der Waals surface area contributed by atoms with E-state index >= 15 is 0 Å². The van der Waals surface area contributed by atoms with Gasteiger partial charge in [0.15, 0.2) is 10.8 Å². The first-order valence-electron chi connectivity index (χ1n) is 8.45. The molecule has 3 aromatic rings. The number of thiazole rings is 1. The topological polar surface area (TPSA) is 60.2 Å². The monoisotopic (exact) mass is 356 g/mol. The number of aryl methyl sites for hydroxylation is 3. The Labute approximate surface area is 149 Å². The van der Waals surface area contributed by atoms with Crippen molar-refractivity contribution >= 4 is 26.8 Å². The SMILES string of the molecule is Cc1ccccc1CCn1cnc(=O)c2sc(N3CCOCC3)nc21. The van der Waals surface area contributed by atoms with Crippen molar-refractivity contribution in [2.24, 2.45) is 0 Å². The van der Waals surface area contributed by atoms with Gasteiger partial charge in [-0.1, -0.05) is 35.6 Å².